The van der Waals surface area contributed by atoms with Crippen molar-refractivity contribution < 1.29 is 22.7 Å². The van der Waals surface area contributed by atoms with Gasteiger partial charge in [0.15, 0.2) is 0 Å². The van der Waals surface area contributed by atoms with Crippen LogP contribution in [0, 0.1) is 3.57 Å². The highest BCUT2D eigenvalue weighted by molar-refractivity contribution is 14.1. The minimum Gasteiger partial charge on any atom is -0.497 e. The van der Waals surface area contributed by atoms with Crippen LogP contribution in [-0.4, -0.2) is 57.1 Å². The molecule has 0 heterocycles. The number of hydrogen-bond donors (Lipinski definition) is 1. The molecule has 1 saturated carbocycles. The summed E-state index contributed by atoms with van der Waals surface area (Å²) in [5.74, 6) is -0.00769. The minimum absolute atomic E-state index is 0.103. The Balaban J connectivity index is 1.85. The molecular weight excluding hydrogens is 593 g/mol. The number of nitrogens with one attached hydrogen (secondary N) is 1. The van der Waals surface area contributed by atoms with Gasteiger partial charge in [0.2, 0.25) is 21.8 Å². The molecule has 3 rings (SSSR count). The Kier molecular flexibility index (Phi) is 10.0. The second-order valence-corrected chi connectivity index (χ2v) is 12.3. The maximum absolute atomic E-state index is 13.6. The summed E-state index contributed by atoms with van der Waals surface area (Å²) in [6.45, 7) is 1.44. The molecule has 0 unspecified atom stereocenters. The van der Waals surface area contributed by atoms with Crippen molar-refractivity contribution in [3.63, 3.8) is 0 Å². The molecule has 1 atom stereocenters. The SMILES string of the molecule is COc1ccc(CN(C(=O)CN(c2ccc(I)cc2)S(C)(=O)=O)[C@@H](C)C(=O)NC2CCCCC2)cc1. The van der Waals surface area contributed by atoms with Gasteiger partial charge in [-0.2, -0.15) is 0 Å². The number of hydrogen-bond acceptors (Lipinski definition) is 5. The molecule has 2 amide bonds. The number of carbonyl (C=O) groups is 2. The Morgan fingerprint density at radius 2 is 1.67 bits per heavy atom. The average Bonchev–Trinajstić information content (AvgIpc) is 2.86. The van der Waals surface area contributed by atoms with Crippen molar-refractivity contribution in [2.24, 2.45) is 0 Å². The first-order valence-corrected chi connectivity index (χ1v) is 15.0. The van der Waals surface area contributed by atoms with E-state index in [1.807, 2.05) is 12.1 Å². The third-order valence-electron chi connectivity index (χ3n) is 6.42. The van der Waals surface area contributed by atoms with Crippen molar-refractivity contribution in [2.45, 2.75) is 57.7 Å². The van der Waals surface area contributed by atoms with E-state index in [0.29, 0.717) is 11.4 Å². The maximum atomic E-state index is 13.6. The zero-order valence-corrected chi connectivity index (χ0v) is 23.9. The van der Waals surface area contributed by atoms with E-state index in [2.05, 4.69) is 27.9 Å². The van der Waals surface area contributed by atoms with Crippen molar-refractivity contribution in [3.05, 3.63) is 57.7 Å². The van der Waals surface area contributed by atoms with E-state index >= 15 is 0 Å². The number of amides is 2. The Hall–Kier alpha value is -2.34. The summed E-state index contributed by atoms with van der Waals surface area (Å²) in [6.07, 6.45) is 6.26. The van der Waals surface area contributed by atoms with Gasteiger partial charge in [0, 0.05) is 16.2 Å². The van der Waals surface area contributed by atoms with Crippen LogP contribution in [0.2, 0.25) is 0 Å². The second kappa shape index (κ2) is 12.8. The highest BCUT2D eigenvalue weighted by Crippen LogP contribution is 2.22. The van der Waals surface area contributed by atoms with Crippen LogP contribution < -0.4 is 14.4 Å². The van der Waals surface area contributed by atoms with E-state index in [1.54, 1.807) is 50.4 Å². The van der Waals surface area contributed by atoms with E-state index in [0.717, 1.165) is 45.4 Å². The van der Waals surface area contributed by atoms with Gasteiger partial charge in [0.05, 0.1) is 19.1 Å². The van der Waals surface area contributed by atoms with Crippen LogP contribution in [0.25, 0.3) is 0 Å². The number of nitrogens with zero attached hydrogens (tertiary/aromatic N) is 2. The molecule has 0 radical (unpaired) electrons. The number of anilines is 1. The lowest BCUT2D eigenvalue weighted by molar-refractivity contribution is -0.139. The summed E-state index contributed by atoms with van der Waals surface area (Å²) in [4.78, 5) is 28.2. The molecular formula is C26H34IN3O5S. The lowest BCUT2D eigenvalue weighted by atomic mass is 9.95. The largest absolute Gasteiger partial charge is 0.497 e. The molecule has 0 aliphatic heterocycles. The van der Waals surface area contributed by atoms with Gasteiger partial charge < -0.3 is 15.0 Å². The molecule has 36 heavy (non-hydrogen) atoms. The third-order valence-corrected chi connectivity index (χ3v) is 8.28. The minimum atomic E-state index is -3.74. The normalized spacial score (nSPS) is 15.1. The standard InChI is InChI=1S/C26H34IN3O5S/c1-19(26(32)28-22-7-5-4-6-8-22)29(17-20-9-15-24(35-2)16-10-20)25(31)18-30(36(3,33)34)23-13-11-21(27)12-14-23/h9-16,19,22H,4-8,17-18H2,1-3H3,(H,28,32)/t19-/m0/s1. The number of carbonyl (C=O) groups excluding carboxylic acids is 2. The topological polar surface area (TPSA) is 96.0 Å². The molecule has 1 N–H and O–H groups in total. The predicted octanol–water partition coefficient (Wildman–Crippen LogP) is 3.93. The maximum Gasteiger partial charge on any atom is 0.244 e. The Morgan fingerprint density at radius 1 is 1.06 bits per heavy atom. The fourth-order valence-corrected chi connectivity index (χ4v) is 5.51. The molecule has 2 aromatic carbocycles. The lowest BCUT2D eigenvalue weighted by Gasteiger charge is -2.33. The molecule has 0 saturated heterocycles. The highest BCUT2D eigenvalue weighted by Gasteiger charge is 2.31. The van der Waals surface area contributed by atoms with Gasteiger partial charge in [-0.15, -0.1) is 0 Å². The molecule has 0 bridgehead atoms. The van der Waals surface area contributed by atoms with Gasteiger partial charge in [-0.3, -0.25) is 13.9 Å². The summed E-state index contributed by atoms with van der Waals surface area (Å²) >= 11 is 2.14. The molecule has 1 aliphatic carbocycles. The van der Waals surface area contributed by atoms with Gasteiger partial charge in [0.1, 0.15) is 18.3 Å². The summed E-state index contributed by atoms with van der Waals surface area (Å²) in [5, 5.41) is 3.09. The first-order chi connectivity index (χ1) is 17.1. The van der Waals surface area contributed by atoms with Gasteiger partial charge in [0.25, 0.3) is 0 Å². The molecule has 10 heteroatoms. The molecule has 2 aromatic rings. The van der Waals surface area contributed by atoms with Crippen molar-refractivity contribution in [3.8, 4) is 5.75 Å². The smallest absolute Gasteiger partial charge is 0.244 e. The van der Waals surface area contributed by atoms with Gasteiger partial charge >= 0.3 is 0 Å². The van der Waals surface area contributed by atoms with Crippen molar-refractivity contribution in [1.29, 1.82) is 0 Å². The zero-order valence-electron chi connectivity index (χ0n) is 20.9. The number of sulfonamides is 1. The van der Waals surface area contributed by atoms with Crippen LogP contribution >= 0.6 is 22.6 Å². The van der Waals surface area contributed by atoms with Crippen LogP contribution in [0.4, 0.5) is 5.69 Å². The number of methoxy groups -OCH3 is 1. The quantitative estimate of drug-likeness (QED) is 0.403. The molecule has 8 nitrogen and oxygen atoms in total. The predicted molar refractivity (Wildman–Crippen MR) is 149 cm³/mol. The second-order valence-electron chi connectivity index (χ2n) is 9.14. The average molecular weight is 628 g/mol. The summed E-state index contributed by atoms with van der Waals surface area (Å²) in [5.41, 5.74) is 1.21. The summed E-state index contributed by atoms with van der Waals surface area (Å²) < 4.78 is 32.5. The van der Waals surface area contributed by atoms with Crippen LogP contribution in [0.3, 0.4) is 0 Å². The lowest BCUT2D eigenvalue weighted by Crippen LogP contribution is -2.52. The number of benzene rings is 2. The van der Waals surface area contributed by atoms with Crippen LogP contribution in [-0.2, 0) is 26.2 Å². The monoisotopic (exact) mass is 627 g/mol. The van der Waals surface area contributed by atoms with E-state index in [1.165, 1.54) is 11.3 Å². The molecule has 0 aromatic heterocycles. The van der Waals surface area contributed by atoms with Crippen molar-refractivity contribution in [2.75, 3.05) is 24.2 Å². The Bertz CT molecular complexity index is 1130. The highest BCUT2D eigenvalue weighted by atomic mass is 127. The van der Waals surface area contributed by atoms with Gasteiger partial charge in [-0.05, 0) is 84.3 Å². The first kappa shape index (κ1) is 28.2. The van der Waals surface area contributed by atoms with Crippen molar-refractivity contribution in [1.82, 2.24) is 10.2 Å². The van der Waals surface area contributed by atoms with Crippen LogP contribution in [0.1, 0.15) is 44.6 Å². The Morgan fingerprint density at radius 3 is 2.22 bits per heavy atom. The number of ether oxygens (including phenoxy) is 1. The van der Waals surface area contributed by atoms with Gasteiger partial charge in [-0.25, -0.2) is 8.42 Å². The molecule has 0 spiro atoms. The molecule has 1 aliphatic rings. The van der Waals surface area contributed by atoms with Crippen molar-refractivity contribution >= 4 is 50.1 Å². The van der Waals surface area contributed by atoms with Gasteiger partial charge in [-0.1, -0.05) is 31.4 Å². The van der Waals surface area contributed by atoms with E-state index < -0.39 is 28.5 Å². The van der Waals surface area contributed by atoms with E-state index in [-0.39, 0.29) is 18.5 Å². The molecule has 196 valence electrons. The molecule has 1 fully saturated rings. The third kappa shape index (κ3) is 7.83. The van der Waals surface area contributed by atoms with E-state index in [9.17, 15) is 18.0 Å². The van der Waals surface area contributed by atoms with E-state index in [4.69, 9.17) is 4.74 Å². The summed E-state index contributed by atoms with van der Waals surface area (Å²) in [6, 6.07) is 13.5. The fraction of sp³-hybridized carbons (Fsp3) is 0.462. The first-order valence-electron chi connectivity index (χ1n) is 12.0. The number of halogens is 1. The van der Waals surface area contributed by atoms with Crippen LogP contribution in [0.15, 0.2) is 48.5 Å². The number of rotatable bonds is 10. The zero-order chi connectivity index (χ0) is 26.3. The fourth-order valence-electron chi connectivity index (χ4n) is 4.30. The Labute approximate surface area is 227 Å². The van der Waals surface area contributed by atoms with Crippen LogP contribution in [0.5, 0.6) is 5.75 Å². The summed E-state index contributed by atoms with van der Waals surface area (Å²) in [7, 11) is -2.17.